The van der Waals surface area contributed by atoms with Crippen LogP contribution in [0.4, 0.5) is 0 Å². The standard InChI is InChI=1S/C23H23Cl4N3O4S2/c24-15-7-8-20(16(25)12-15)36(33,34)29-10-4-3-9-28-22(31)17(13-21(26)27)30-23(32)19-11-14-5-1-2-6-18(14)35-19/h1-2,5-8,11-12,17,21,29H,3-4,9-10,13H2,(H,28,31)(H,30,32)/t17-/m1/s1. The van der Waals surface area contributed by atoms with E-state index < -0.39 is 26.8 Å². The smallest absolute Gasteiger partial charge is 0.262 e. The average molecular weight is 611 g/mol. The van der Waals surface area contributed by atoms with E-state index >= 15 is 0 Å². The van der Waals surface area contributed by atoms with Gasteiger partial charge in [0.25, 0.3) is 5.91 Å². The molecule has 0 bridgehead atoms. The first-order valence-electron chi connectivity index (χ1n) is 10.9. The molecule has 7 nitrogen and oxygen atoms in total. The molecular formula is C23H23Cl4N3O4S2. The van der Waals surface area contributed by atoms with Gasteiger partial charge in [0.05, 0.1) is 9.90 Å². The Kier molecular flexibility index (Phi) is 10.7. The average Bonchev–Trinajstić information content (AvgIpc) is 3.24. The van der Waals surface area contributed by atoms with Crippen LogP contribution in [0.25, 0.3) is 10.1 Å². The number of fused-ring (bicyclic) bond motifs is 1. The lowest BCUT2D eigenvalue weighted by Crippen LogP contribution is -2.47. The molecule has 0 aliphatic carbocycles. The molecule has 194 valence electrons. The highest BCUT2D eigenvalue weighted by Gasteiger charge is 2.24. The van der Waals surface area contributed by atoms with Crippen molar-refractivity contribution in [2.45, 2.75) is 35.0 Å². The number of sulfonamides is 1. The van der Waals surface area contributed by atoms with Gasteiger partial charge in [-0.1, -0.05) is 41.4 Å². The number of amides is 2. The molecule has 3 rings (SSSR count). The zero-order valence-electron chi connectivity index (χ0n) is 18.8. The number of hydrogen-bond donors (Lipinski definition) is 3. The number of halogens is 4. The Balaban J connectivity index is 1.47. The summed E-state index contributed by atoms with van der Waals surface area (Å²) in [6.07, 6.45) is 0.981. The number of unbranched alkanes of at least 4 members (excludes halogenated alkanes) is 1. The van der Waals surface area contributed by atoms with Crippen LogP contribution in [0.15, 0.2) is 53.4 Å². The number of alkyl halides is 2. The lowest BCUT2D eigenvalue weighted by Gasteiger charge is -2.18. The maximum atomic E-state index is 12.7. The van der Waals surface area contributed by atoms with E-state index in [4.69, 9.17) is 46.4 Å². The van der Waals surface area contributed by atoms with Crippen LogP contribution in [0.5, 0.6) is 0 Å². The first-order valence-corrected chi connectivity index (χ1v) is 14.8. The summed E-state index contributed by atoms with van der Waals surface area (Å²) in [5, 5.41) is 6.74. The Morgan fingerprint density at radius 1 is 0.972 bits per heavy atom. The number of benzene rings is 2. The van der Waals surface area contributed by atoms with Crippen molar-refractivity contribution in [3.8, 4) is 0 Å². The highest BCUT2D eigenvalue weighted by molar-refractivity contribution is 7.89. The second-order valence-electron chi connectivity index (χ2n) is 7.77. The number of rotatable bonds is 12. The summed E-state index contributed by atoms with van der Waals surface area (Å²) in [4.78, 5) is 25.0. The van der Waals surface area contributed by atoms with E-state index in [1.54, 1.807) is 6.07 Å². The molecule has 0 saturated carbocycles. The highest BCUT2D eigenvalue weighted by atomic mass is 35.5. The first kappa shape index (κ1) is 29.0. The van der Waals surface area contributed by atoms with Crippen LogP contribution >= 0.6 is 57.7 Å². The minimum Gasteiger partial charge on any atom is -0.354 e. The Hall–Kier alpha value is -1.59. The molecular weight excluding hydrogens is 588 g/mol. The molecule has 2 amide bonds. The van der Waals surface area contributed by atoms with E-state index in [1.165, 1.54) is 29.5 Å². The number of carbonyl (C=O) groups is 2. The number of hydrogen-bond acceptors (Lipinski definition) is 5. The van der Waals surface area contributed by atoms with E-state index in [-0.39, 0.29) is 35.3 Å². The van der Waals surface area contributed by atoms with Gasteiger partial charge in [-0.2, -0.15) is 0 Å². The van der Waals surface area contributed by atoms with E-state index in [0.29, 0.717) is 22.7 Å². The van der Waals surface area contributed by atoms with Gasteiger partial charge in [0.1, 0.15) is 15.8 Å². The lowest BCUT2D eigenvalue weighted by atomic mass is 10.2. The molecule has 2 aromatic carbocycles. The fourth-order valence-corrected chi connectivity index (χ4v) is 6.46. The predicted molar refractivity (Wildman–Crippen MR) is 147 cm³/mol. The Morgan fingerprint density at radius 3 is 2.39 bits per heavy atom. The van der Waals surface area contributed by atoms with Crippen molar-refractivity contribution in [1.29, 1.82) is 0 Å². The van der Waals surface area contributed by atoms with E-state index in [9.17, 15) is 18.0 Å². The van der Waals surface area contributed by atoms with Crippen molar-refractivity contribution < 1.29 is 18.0 Å². The molecule has 0 saturated heterocycles. The maximum Gasteiger partial charge on any atom is 0.262 e. The van der Waals surface area contributed by atoms with E-state index in [0.717, 1.165) is 10.1 Å². The zero-order valence-corrected chi connectivity index (χ0v) is 23.4. The van der Waals surface area contributed by atoms with Gasteiger partial charge in [-0.3, -0.25) is 9.59 Å². The second-order valence-corrected chi connectivity index (χ2v) is 12.7. The van der Waals surface area contributed by atoms with Crippen molar-refractivity contribution in [3.05, 3.63) is 63.5 Å². The van der Waals surface area contributed by atoms with Gasteiger partial charge >= 0.3 is 0 Å². The summed E-state index contributed by atoms with van der Waals surface area (Å²) < 4.78 is 28.2. The molecule has 1 aromatic heterocycles. The van der Waals surface area contributed by atoms with Crippen LogP contribution in [0.2, 0.25) is 10.0 Å². The van der Waals surface area contributed by atoms with Crippen LogP contribution in [-0.2, 0) is 14.8 Å². The zero-order chi connectivity index (χ0) is 26.3. The summed E-state index contributed by atoms with van der Waals surface area (Å²) >= 11 is 24.9. The van der Waals surface area contributed by atoms with E-state index in [1.807, 2.05) is 24.3 Å². The molecule has 3 N–H and O–H groups in total. The summed E-state index contributed by atoms with van der Waals surface area (Å²) in [5.74, 6) is -0.815. The summed E-state index contributed by atoms with van der Waals surface area (Å²) in [6.45, 7) is 0.418. The molecule has 0 fully saturated rings. The molecule has 0 unspecified atom stereocenters. The molecule has 13 heteroatoms. The Labute approximate surface area is 233 Å². The van der Waals surface area contributed by atoms with E-state index in [2.05, 4.69) is 15.4 Å². The predicted octanol–water partition coefficient (Wildman–Crippen LogP) is 5.38. The fourth-order valence-electron chi connectivity index (χ4n) is 3.30. The minimum absolute atomic E-state index is 0.0305. The third-order valence-corrected chi connectivity index (χ3v) is 8.71. The SMILES string of the molecule is O=C(N[C@H](CC(Cl)Cl)C(=O)NCCCCNS(=O)(=O)c1ccc(Cl)cc1Cl)c1cc2ccccc2s1. The molecule has 3 aromatic rings. The Bertz CT molecular complexity index is 1300. The normalized spacial score (nSPS) is 12.6. The van der Waals surface area contributed by atoms with Crippen molar-refractivity contribution in [2.24, 2.45) is 0 Å². The number of nitrogens with one attached hydrogen (secondary N) is 3. The van der Waals surface area contributed by atoms with Gasteiger partial charge < -0.3 is 10.6 Å². The summed E-state index contributed by atoms with van der Waals surface area (Å²) in [5.41, 5.74) is 0. The van der Waals surface area contributed by atoms with Crippen LogP contribution in [-0.4, -0.2) is 44.2 Å². The molecule has 0 aliphatic rings. The van der Waals surface area contributed by atoms with Crippen LogP contribution in [0.3, 0.4) is 0 Å². The first-order chi connectivity index (χ1) is 17.1. The van der Waals surface area contributed by atoms with Gasteiger partial charge in [-0.15, -0.1) is 34.5 Å². The van der Waals surface area contributed by atoms with Gasteiger partial charge in [-0.25, -0.2) is 13.1 Å². The maximum absolute atomic E-state index is 12.7. The topological polar surface area (TPSA) is 104 Å². The Morgan fingerprint density at radius 2 is 1.69 bits per heavy atom. The van der Waals surface area contributed by atoms with Crippen LogP contribution in [0, 0.1) is 0 Å². The molecule has 0 spiro atoms. The molecule has 0 radical (unpaired) electrons. The van der Waals surface area contributed by atoms with Gasteiger partial charge in [0.2, 0.25) is 15.9 Å². The minimum atomic E-state index is -3.79. The van der Waals surface area contributed by atoms with Crippen LogP contribution in [0.1, 0.15) is 28.9 Å². The van der Waals surface area contributed by atoms with Gasteiger partial charge in [-0.05, 0) is 48.6 Å². The molecule has 1 heterocycles. The third kappa shape index (κ3) is 8.21. The highest BCUT2D eigenvalue weighted by Crippen LogP contribution is 2.26. The van der Waals surface area contributed by atoms with Crippen molar-refractivity contribution in [3.63, 3.8) is 0 Å². The van der Waals surface area contributed by atoms with Crippen LogP contribution < -0.4 is 15.4 Å². The summed E-state index contributed by atoms with van der Waals surface area (Å²) in [7, 11) is -3.79. The lowest BCUT2D eigenvalue weighted by molar-refractivity contribution is -0.123. The third-order valence-electron chi connectivity index (χ3n) is 5.06. The monoisotopic (exact) mass is 609 g/mol. The second kappa shape index (κ2) is 13.3. The largest absolute Gasteiger partial charge is 0.354 e. The van der Waals surface area contributed by atoms with Gasteiger partial charge in [0, 0.05) is 29.2 Å². The van der Waals surface area contributed by atoms with Gasteiger partial charge in [0.15, 0.2) is 0 Å². The molecule has 0 aliphatic heterocycles. The van der Waals surface area contributed by atoms with Crippen molar-refractivity contribution >= 4 is 89.7 Å². The number of thiophene rings is 1. The molecule has 36 heavy (non-hydrogen) atoms. The molecule has 1 atom stereocenters. The fraction of sp³-hybridized carbons (Fsp3) is 0.304. The van der Waals surface area contributed by atoms with Crippen molar-refractivity contribution in [2.75, 3.05) is 13.1 Å². The number of carbonyl (C=O) groups excluding carboxylic acids is 2. The summed E-state index contributed by atoms with van der Waals surface area (Å²) in [6, 6.07) is 12.6. The quantitative estimate of drug-likeness (QED) is 0.189. The van der Waals surface area contributed by atoms with Crippen molar-refractivity contribution in [1.82, 2.24) is 15.4 Å².